The number of sulfone groups is 1. The van der Waals surface area contributed by atoms with Crippen LogP contribution in [0.15, 0.2) is 41.8 Å². The molecule has 30 heavy (non-hydrogen) atoms. The number of alkyl halides is 3. The second-order valence-electron chi connectivity index (χ2n) is 6.05. The minimum atomic E-state index is -4.64. The Balaban J connectivity index is 1.93. The van der Waals surface area contributed by atoms with Crippen LogP contribution >= 0.6 is 11.6 Å². The summed E-state index contributed by atoms with van der Waals surface area (Å²) in [5.74, 6) is -0.129. The van der Waals surface area contributed by atoms with E-state index in [1.807, 2.05) is 0 Å². The summed E-state index contributed by atoms with van der Waals surface area (Å²) >= 11 is 5.72. The number of pyridine rings is 2. The van der Waals surface area contributed by atoms with E-state index >= 15 is 0 Å². The maximum absolute atomic E-state index is 12.9. The molecule has 4 heterocycles. The van der Waals surface area contributed by atoms with Crippen molar-refractivity contribution in [2.75, 3.05) is 5.75 Å². The number of fused-ring (bicyclic) bond motifs is 1. The molecule has 0 radical (unpaired) electrons. The Morgan fingerprint density at radius 3 is 2.53 bits per heavy atom. The Hall–Kier alpha value is -3.06. The topological polar surface area (TPSA) is 108 Å². The van der Waals surface area contributed by atoms with Gasteiger partial charge in [-0.25, -0.2) is 27.7 Å². The van der Waals surface area contributed by atoms with Gasteiger partial charge in [0.25, 0.3) is 0 Å². The van der Waals surface area contributed by atoms with Crippen LogP contribution in [0, 0.1) is 0 Å². The molecule has 9 nitrogen and oxygen atoms in total. The highest BCUT2D eigenvalue weighted by molar-refractivity contribution is 7.91. The van der Waals surface area contributed by atoms with Crippen molar-refractivity contribution in [2.45, 2.75) is 18.0 Å². The Bertz CT molecular complexity index is 1360. The Morgan fingerprint density at radius 2 is 1.90 bits per heavy atom. The smallest absolute Gasteiger partial charge is 0.251 e. The lowest BCUT2D eigenvalue weighted by Gasteiger charge is -2.10. The zero-order valence-electron chi connectivity index (χ0n) is 15.0. The van der Waals surface area contributed by atoms with Gasteiger partial charge in [0.2, 0.25) is 5.28 Å². The molecule has 156 valence electrons. The SMILES string of the molecule is CCS(=O)(=O)c1ccc(-n2cnc(Cl)n2)nc1-n1cc2cnc(C(F)(F)F)cc2n1. The van der Waals surface area contributed by atoms with Crippen LogP contribution in [0.5, 0.6) is 0 Å². The lowest BCUT2D eigenvalue weighted by molar-refractivity contribution is -0.141. The highest BCUT2D eigenvalue weighted by Gasteiger charge is 2.33. The van der Waals surface area contributed by atoms with Crippen LogP contribution in [0.3, 0.4) is 0 Å². The van der Waals surface area contributed by atoms with Crippen LogP contribution in [-0.2, 0) is 16.0 Å². The molecule has 4 rings (SSSR count). The van der Waals surface area contributed by atoms with E-state index in [2.05, 4.69) is 25.1 Å². The first-order chi connectivity index (χ1) is 14.1. The number of aromatic nitrogens is 7. The monoisotopic (exact) mass is 457 g/mol. The molecule has 14 heteroatoms. The Kier molecular flexibility index (Phi) is 4.73. The fraction of sp³-hybridized carbons (Fsp3) is 0.188. The fourth-order valence-electron chi connectivity index (χ4n) is 2.65. The number of hydrogen-bond acceptors (Lipinski definition) is 7. The summed E-state index contributed by atoms with van der Waals surface area (Å²) in [6.07, 6.45) is -1.00. The lowest BCUT2D eigenvalue weighted by atomic mass is 10.3. The zero-order chi connectivity index (χ0) is 21.7. The average Bonchev–Trinajstić information content (AvgIpc) is 3.32. The van der Waals surface area contributed by atoms with Crippen molar-refractivity contribution in [3.05, 3.63) is 47.9 Å². The summed E-state index contributed by atoms with van der Waals surface area (Å²) < 4.78 is 66.2. The highest BCUT2D eigenvalue weighted by atomic mass is 35.5. The molecule has 0 aromatic carbocycles. The molecule has 0 atom stereocenters. The van der Waals surface area contributed by atoms with E-state index < -0.39 is 21.7 Å². The predicted molar refractivity (Wildman–Crippen MR) is 99.3 cm³/mol. The molecular formula is C16H11ClF3N7O2S. The van der Waals surface area contributed by atoms with Gasteiger partial charge in [-0.05, 0) is 29.8 Å². The lowest BCUT2D eigenvalue weighted by Crippen LogP contribution is -2.13. The molecule has 0 N–H and O–H groups in total. The van der Waals surface area contributed by atoms with E-state index in [-0.39, 0.29) is 38.5 Å². The zero-order valence-corrected chi connectivity index (χ0v) is 16.6. The van der Waals surface area contributed by atoms with Crippen molar-refractivity contribution in [2.24, 2.45) is 0 Å². The number of hydrogen-bond donors (Lipinski definition) is 0. The average molecular weight is 458 g/mol. The summed E-state index contributed by atoms with van der Waals surface area (Å²) in [5.41, 5.74) is -1.13. The molecule has 0 unspecified atom stereocenters. The standard InChI is InChI=1S/C16H11ClF3N7O2S/c1-2-30(28,29)11-3-4-13(27-8-22-15(17)25-27)23-14(11)26-7-9-6-21-12(16(18,19)20)5-10(9)24-26/h3-8H,2H2,1H3. The Labute approximate surface area is 172 Å². The minimum Gasteiger partial charge on any atom is -0.251 e. The molecular weight excluding hydrogens is 447 g/mol. The van der Waals surface area contributed by atoms with Crippen molar-refractivity contribution in [3.8, 4) is 11.6 Å². The molecule has 4 aromatic rings. The summed E-state index contributed by atoms with van der Waals surface area (Å²) in [6.45, 7) is 1.46. The molecule has 0 aliphatic rings. The molecule has 0 aliphatic carbocycles. The summed E-state index contributed by atoms with van der Waals surface area (Å²) in [7, 11) is -3.73. The molecule has 0 bridgehead atoms. The van der Waals surface area contributed by atoms with Crippen molar-refractivity contribution in [1.82, 2.24) is 34.5 Å². The third-order valence-electron chi connectivity index (χ3n) is 4.13. The van der Waals surface area contributed by atoms with Crippen molar-refractivity contribution >= 4 is 32.3 Å². The van der Waals surface area contributed by atoms with E-state index in [0.29, 0.717) is 0 Å². The van der Waals surface area contributed by atoms with Gasteiger partial charge in [0.1, 0.15) is 16.9 Å². The summed E-state index contributed by atoms with van der Waals surface area (Å²) in [4.78, 5) is 11.3. The second kappa shape index (κ2) is 7.02. The molecule has 4 aromatic heterocycles. The summed E-state index contributed by atoms with van der Waals surface area (Å²) in [6, 6.07) is 3.50. The first-order valence-electron chi connectivity index (χ1n) is 8.33. The number of halogens is 4. The van der Waals surface area contributed by atoms with Gasteiger partial charge in [-0.15, -0.1) is 5.10 Å². The van der Waals surface area contributed by atoms with Gasteiger partial charge in [-0.2, -0.15) is 18.3 Å². The maximum atomic E-state index is 12.9. The molecule has 0 saturated heterocycles. The van der Waals surface area contributed by atoms with Crippen LogP contribution < -0.4 is 0 Å². The van der Waals surface area contributed by atoms with Crippen molar-refractivity contribution < 1.29 is 21.6 Å². The Morgan fingerprint density at radius 1 is 1.13 bits per heavy atom. The minimum absolute atomic E-state index is 0.0202. The maximum Gasteiger partial charge on any atom is 0.433 e. The molecule has 0 amide bonds. The van der Waals surface area contributed by atoms with Crippen LogP contribution in [0.2, 0.25) is 5.28 Å². The predicted octanol–water partition coefficient (Wildman–Crippen LogP) is 2.86. The number of rotatable bonds is 4. The summed E-state index contributed by atoms with van der Waals surface area (Å²) in [5, 5.41) is 8.22. The van der Waals surface area contributed by atoms with Gasteiger partial charge in [0.05, 0.1) is 11.3 Å². The first-order valence-corrected chi connectivity index (χ1v) is 10.4. The highest BCUT2D eigenvalue weighted by Crippen LogP contribution is 2.30. The molecule has 0 fully saturated rings. The third kappa shape index (κ3) is 3.61. The van der Waals surface area contributed by atoms with Gasteiger partial charge in [-0.1, -0.05) is 6.92 Å². The normalized spacial score (nSPS) is 12.6. The second-order valence-corrected chi connectivity index (χ2v) is 8.64. The van der Waals surface area contributed by atoms with E-state index in [1.54, 1.807) is 0 Å². The van der Waals surface area contributed by atoms with Crippen molar-refractivity contribution in [3.63, 3.8) is 0 Å². The van der Waals surface area contributed by atoms with Gasteiger partial charge >= 0.3 is 6.18 Å². The quantitative estimate of drug-likeness (QED) is 0.463. The van der Waals surface area contributed by atoms with Crippen molar-refractivity contribution in [1.29, 1.82) is 0 Å². The van der Waals surface area contributed by atoms with Gasteiger partial charge in [-0.3, -0.25) is 4.98 Å². The first kappa shape index (κ1) is 20.2. The van der Waals surface area contributed by atoms with E-state index in [0.717, 1.165) is 16.9 Å². The van der Waals surface area contributed by atoms with Gasteiger partial charge in [0.15, 0.2) is 21.5 Å². The van der Waals surface area contributed by atoms with E-state index in [9.17, 15) is 21.6 Å². The van der Waals surface area contributed by atoms with E-state index in [4.69, 9.17) is 11.6 Å². The van der Waals surface area contributed by atoms with Crippen LogP contribution in [-0.4, -0.2) is 48.7 Å². The molecule has 0 spiro atoms. The van der Waals surface area contributed by atoms with E-state index in [1.165, 1.54) is 36.3 Å². The van der Waals surface area contributed by atoms with Crippen LogP contribution in [0.1, 0.15) is 12.6 Å². The third-order valence-corrected chi connectivity index (χ3v) is 6.06. The molecule has 0 saturated carbocycles. The molecule has 0 aliphatic heterocycles. The largest absolute Gasteiger partial charge is 0.433 e. The van der Waals surface area contributed by atoms with Gasteiger partial charge in [0, 0.05) is 17.8 Å². The van der Waals surface area contributed by atoms with Crippen LogP contribution in [0.4, 0.5) is 13.2 Å². The number of nitrogens with zero attached hydrogens (tertiary/aromatic N) is 7. The fourth-order valence-corrected chi connectivity index (χ4v) is 3.78. The van der Waals surface area contributed by atoms with Crippen LogP contribution in [0.25, 0.3) is 22.5 Å². The van der Waals surface area contributed by atoms with Gasteiger partial charge < -0.3 is 0 Å².